The quantitative estimate of drug-likeness (QED) is 0.491. The molecule has 0 aliphatic heterocycles. The molecule has 0 aliphatic rings. The standard InChI is InChI=1S/C11H13N.2C2H6/c1-4-7-10(5-2)11(6-3)8-9-12;2*1-2/h4-9,12H,1-3H2;2*1-2H3/b10-7+,11-8+,12-9?;;. The molecule has 16 heavy (non-hydrogen) atoms. The second-order valence-electron chi connectivity index (χ2n) is 2.05. The van der Waals surface area contributed by atoms with Crippen molar-refractivity contribution in [3.05, 3.63) is 61.3 Å². The molecule has 0 saturated carbocycles. The van der Waals surface area contributed by atoms with Crippen molar-refractivity contribution >= 4 is 6.21 Å². The van der Waals surface area contributed by atoms with E-state index in [-0.39, 0.29) is 0 Å². The summed E-state index contributed by atoms with van der Waals surface area (Å²) >= 11 is 0. The molecule has 0 bridgehead atoms. The Morgan fingerprint density at radius 3 is 1.44 bits per heavy atom. The summed E-state index contributed by atoms with van der Waals surface area (Å²) in [5, 5.41) is 6.90. The van der Waals surface area contributed by atoms with E-state index in [0.29, 0.717) is 0 Å². The van der Waals surface area contributed by atoms with Crippen molar-refractivity contribution in [3.63, 3.8) is 0 Å². The van der Waals surface area contributed by atoms with Crippen LogP contribution in [-0.4, -0.2) is 6.21 Å². The van der Waals surface area contributed by atoms with E-state index in [4.69, 9.17) is 5.41 Å². The van der Waals surface area contributed by atoms with Crippen molar-refractivity contribution in [1.29, 1.82) is 5.41 Å². The van der Waals surface area contributed by atoms with Crippen LogP contribution in [0.1, 0.15) is 27.7 Å². The Bertz CT molecular complexity index is 227. The van der Waals surface area contributed by atoms with Gasteiger partial charge in [0.25, 0.3) is 0 Å². The zero-order chi connectivity index (χ0) is 13.4. The summed E-state index contributed by atoms with van der Waals surface area (Å²) < 4.78 is 0. The van der Waals surface area contributed by atoms with Gasteiger partial charge in [-0.1, -0.05) is 71.7 Å². The van der Waals surface area contributed by atoms with E-state index < -0.39 is 0 Å². The lowest BCUT2D eigenvalue weighted by atomic mass is 10.1. The smallest absolute Gasteiger partial charge is 0.0183 e. The minimum absolute atomic E-state index is 0.875. The highest BCUT2D eigenvalue weighted by Crippen LogP contribution is 2.11. The third-order valence-electron chi connectivity index (χ3n) is 1.33. The first-order chi connectivity index (χ1) is 7.79. The largest absolute Gasteiger partial charge is 0.309 e. The summed E-state index contributed by atoms with van der Waals surface area (Å²) in [7, 11) is 0. The predicted octanol–water partition coefficient (Wildman–Crippen LogP) is 5.10. The highest BCUT2D eigenvalue weighted by Gasteiger charge is 1.93. The molecular formula is C15H25N. The fourth-order valence-corrected chi connectivity index (χ4v) is 0.781. The maximum Gasteiger partial charge on any atom is 0.0183 e. The van der Waals surface area contributed by atoms with Crippen LogP contribution in [0.5, 0.6) is 0 Å². The number of allylic oxidation sites excluding steroid dienone is 7. The van der Waals surface area contributed by atoms with E-state index >= 15 is 0 Å². The maximum absolute atomic E-state index is 6.90. The molecule has 0 fully saturated rings. The van der Waals surface area contributed by atoms with Crippen LogP contribution in [-0.2, 0) is 0 Å². The molecule has 1 heteroatoms. The summed E-state index contributed by atoms with van der Waals surface area (Å²) in [4.78, 5) is 0. The minimum Gasteiger partial charge on any atom is -0.309 e. The monoisotopic (exact) mass is 219 g/mol. The first-order valence-corrected chi connectivity index (χ1v) is 5.58. The Balaban J connectivity index is -0.000000376. The van der Waals surface area contributed by atoms with Crippen molar-refractivity contribution in [3.8, 4) is 0 Å². The molecule has 0 aromatic carbocycles. The van der Waals surface area contributed by atoms with Crippen LogP contribution in [0, 0.1) is 5.41 Å². The van der Waals surface area contributed by atoms with Crippen LogP contribution in [0.3, 0.4) is 0 Å². The average molecular weight is 219 g/mol. The first-order valence-electron chi connectivity index (χ1n) is 5.58. The fraction of sp³-hybridized carbons (Fsp3) is 0.267. The Morgan fingerprint density at radius 2 is 1.19 bits per heavy atom. The molecule has 0 rings (SSSR count). The summed E-state index contributed by atoms with van der Waals surface area (Å²) in [6, 6.07) is 0. The number of hydrogen-bond acceptors (Lipinski definition) is 1. The molecule has 0 spiro atoms. The van der Waals surface area contributed by atoms with Gasteiger partial charge in [-0.15, -0.1) is 0 Å². The van der Waals surface area contributed by atoms with Crippen LogP contribution in [0.2, 0.25) is 0 Å². The predicted molar refractivity (Wildman–Crippen MR) is 78.2 cm³/mol. The molecule has 0 aromatic rings. The van der Waals surface area contributed by atoms with Crippen molar-refractivity contribution in [2.45, 2.75) is 27.7 Å². The minimum atomic E-state index is 0.875. The third kappa shape index (κ3) is 10.5. The molecule has 0 aliphatic carbocycles. The van der Waals surface area contributed by atoms with Gasteiger partial charge in [-0.3, -0.25) is 0 Å². The van der Waals surface area contributed by atoms with Gasteiger partial charge in [0.1, 0.15) is 0 Å². The number of nitrogens with one attached hydrogen (secondary N) is 1. The zero-order valence-corrected chi connectivity index (χ0v) is 11.1. The van der Waals surface area contributed by atoms with Gasteiger partial charge in [-0.05, 0) is 17.2 Å². The van der Waals surface area contributed by atoms with Crippen LogP contribution in [0.15, 0.2) is 61.3 Å². The molecule has 1 N–H and O–H groups in total. The van der Waals surface area contributed by atoms with Crippen molar-refractivity contribution in [1.82, 2.24) is 0 Å². The van der Waals surface area contributed by atoms with Crippen molar-refractivity contribution in [2.24, 2.45) is 0 Å². The van der Waals surface area contributed by atoms with Gasteiger partial charge in [0.05, 0.1) is 0 Å². The third-order valence-corrected chi connectivity index (χ3v) is 1.33. The Kier molecular flexibility index (Phi) is 23.6. The number of hydrogen-bond donors (Lipinski definition) is 1. The summed E-state index contributed by atoms with van der Waals surface area (Å²) in [6.07, 6.45) is 9.77. The van der Waals surface area contributed by atoms with Gasteiger partial charge in [-0.25, -0.2) is 0 Å². The van der Waals surface area contributed by atoms with E-state index in [0.717, 1.165) is 11.1 Å². The first kappa shape index (κ1) is 19.9. The number of rotatable bonds is 5. The molecule has 90 valence electrons. The molecule has 0 heterocycles. The van der Waals surface area contributed by atoms with Crippen molar-refractivity contribution in [2.75, 3.05) is 0 Å². The SMILES string of the molecule is C=C/C=C(C=C)/C(C=C)=C/C=N.CC.CC. The Hall–Kier alpha value is -1.63. The lowest BCUT2D eigenvalue weighted by Crippen LogP contribution is -1.82. The van der Waals surface area contributed by atoms with E-state index in [1.54, 1.807) is 24.3 Å². The lowest BCUT2D eigenvalue weighted by Gasteiger charge is -1.99. The van der Waals surface area contributed by atoms with Crippen LogP contribution >= 0.6 is 0 Å². The van der Waals surface area contributed by atoms with Gasteiger partial charge in [0.15, 0.2) is 0 Å². The molecule has 0 aromatic heterocycles. The van der Waals surface area contributed by atoms with Crippen LogP contribution in [0.25, 0.3) is 0 Å². The van der Waals surface area contributed by atoms with E-state index in [1.165, 1.54) is 6.21 Å². The molecular weight excluding hydrogens is 194 g/mol. The summed E-state index contributed by atoms with van der Waals surface area (Å²) in [5.41, 5.74) is 1.79. The second-order valence-corrected chi connectivity index (χ2v) is 2.05. The zero-order valence-electron chi connectivity index (χ0n) is 11.1. The topological polar surface area (TPSA) is 23.9 Å². The fourth-order valence-electron chi connectivity index (χ4n) is 0.781. The van der Waals surface area contributed by atoms with Gasteiger partial charge in [-0.2, -0.15) is 0 Å². The highest BCUT2D eigenvalue weighted by molar-refractivity contribution is 5.72. The van der Waals surface area contributed by atoms with Gasteiger partial charge in [0, 0.05) is 6.21 Å². The van der Waals surface area contributed by atoms with Crippen LogP contribution in [0.4, 0.5) is 0 Å². The van der Waals surface area contributed by atoms with Gasteiger partial charge < -0.3 is 5.41 Å². The van der Waals surface area contributed by atoms with Crippen molar-refractivity contribution < 1.29 is 0 Å². The molecule has 0 amide bonds. The summed E-state index contributed by atoms with van der Waals surface area (Å²) in [5.74, 6) is 0. The lowest BCUT2D eigenvalue weighted by molar-refractivity contribution is 1.50. The Morgan fingerprint density at radius 1 is 0.812 bits per heavy atom. The molecule has 1 nitrogen and oxygen atoms in total. The van der Waals surface area contributed by atoms with Gasteiger partial charge >= 0.3 is 0 Å². The molecule has 0 radical (unpaired) electrons. The van der Waals surface area contributed by atoms with E-state index in [2.05, 4.69) is 19.7 Å². The average Bonchev–Trinajstić information content (AvgIpc) is 2.38. The second kappa shape index (κ2) is 19.0. The normalized spacial score (nSPS) is 9.75. The molecule has 0 unspecified atom stereocenters. The van der Waals surface area contributed by atoms with E-state index in [1.807, 2.05) is 33.8 Å². The summed E-state index contributed by atoms with van der Waals surface area (Å²) in [6.45, 7) is 18.9. The van der Waals surface area contributed by atoms with Crippen LogP contribution < -0.4 is 0 Å². The van der Waals surface area contributed by atoms with E-state index in [9.17, 15) is 0 Å². The van der Waals surface area contributed by atoms with Gasteiger partial charge in [0.2, 0.25) is 0 Å². The highest BCUT2D eigenvalue weighted by atomic mass is 14.3. The molecule has 0 atom stereocenters. The maximum atomic E-state index is 6.90. The molecule has 0 saturated heterocycles. The Labute approximate surface area is 101 Å².